The molecule has 2 aromatic rings. The third kappa shape index (κ3) is 5.57. The number of ether oxygens (including phenoxy) is 2. The molecule has 2 aliphatic heterocycles. The molecule has 2 aromatic carbocycles. The van der Waals surface area contributed by atoms with E-state index in [2.05, 4.69) is 0 Å². The molecule has 2 fully saturated rings. The number of nitrogens with one attached hydrogen (secondary N) is 1. The van der Waals surface area contributed by atoms with Crippen LogP contribution in [0.1, 0.15) is 30.6 Å². The monoisotopic (exact) mass is 528 g/mol. The molecule has 8 nitrogen and oxygen atoms in total. The molecular weight excluding hydrogens is 504 g/mol. The molecule has 188 valence electrons. The maximum atomic E-state index is 13.6. The summed E-state index contributed by atoms with van der Waals surface area (Å²) in [5, 5.41) is 1.84. The van der Waals surface area contributed by atoms with Gasteiger partial charge in [-0.3, -0.25) is 14.9 Å². The number of hydrogen-bond acceptors (Lipinski definition) is 7. The number of carbonyl (C=O) groups excluding carboxylic acids is 4. The highest BCUT2D eigenvalue weighted by Gasteiger charge is 2.60. The van der Waals surface area contributed by atoms with Crippen LogP contribution in [0.15, 0.2) is 72.8 Å². The Morgan fingerprint density at radius 2 is 1.75 bits per heavy atom. The van der Waals surface area contributed by atoms with Crippen molar-refractivity contribution in [1.82, 2.24) is 10.2 Å². The number of fused-ring (bicyclic) bond motifs is 1. The third-order valence-electron chi connectivity index (χ3n) is 5.94. The molecule has 0 aromatic heterocycles. The number of imide groups is 1. The Morgan fingerprint density at radius 1 is 1.14 bits per heavy atom. The number of hydrogen-bond donors (Lipinski definition) is 1. The van der Waals surface area contributed by atoms with Crippen LogP contribution in [0.3, 0.4) is 0 Å². The third-order valence-corrected chi connectivity index (χ3v) is 7.72. The van der Waals surface area contributed by atoms with Crippen LogP contribution in [0.2, 0.25) is 0 Å². The number of esters is 1. The van der Waals surface area contributed by atoms with Crippen LogP contribution in [0.4, 0.5) is 4.79 Å². The fraction of sp³-hybridized carbons (Fsp3) is 0.308. The Labute approximate surface area is 218 Å². The molecular formula is C26H25ClN2O6S. The summed E-state index contributed by atoms with van der Waals surface area (Å²) in [5.74, 6) is -1.66. The fourth-order valence-electron chi connectivity index (χ4n) is 4.28. The highest BCUT2D eigenvalue weighted by atomic mass is 35.5. The standard InChI is InChI=1S/C26H25ClN2O6S/c1-26(13-8-14-34-25(33)28-19(30)16-27)23(29-20(31)15-21(29)36-26)24(32)35-22(17-9-4-2-5-10-17)18-11-6-3-7-12-18/h2-13,21-23H,14-16H2,1H3,(H,28,30,33)/b13-8+/t21-,23+,26+/m1/s1. The molecule has 3 amide bonds. The number of halogens is 1. The second kappa shape index (κ2) is 11.2. The minimum atomic E-state index is -0.918. The maximum Gasteiger partial charge on any atom is 0.414 e. The minimum Gasteiger partial charge on any atom is -0.451 e. The van der Waals surface area contributed by atoms with E-state index in [-0.39, 0.29) is 23.8 Å². The van der Waals surface area contributed by atoms with Gasteiger partial charge >= 0.3 is 12.1 Å². The SMILES string of the molecule is C[C@@]1(/C=C/COC(=O)NC(=O)CCl)S[C@@H]2CC(=O)N2[C@H]1C(=O)OC(c1ccccc1)c1ccccc1. The molecule has 0 unspecified atom stereocenters. The van der Waals surface area contributed by atoms with Gasteiger partial charge in [0.2, 0.25) is 11.8 Å². The summed E-state index contributed by atoms with van der Waals surface area (Å²) >= 11 is 6.84. The van der Waals surface area contributed by atoms with Gasteiger partial charge in [0, 0.05) is 0 Å². The first-order chi connectivity index (χ1) is 17.3. The minimum absolute atomic E-state index is 0.113. The lowest BCUT2D eigenvalue weighted by Gasteiger charge is -2.38. The lowest BCUT2D eigenvalue weighted by Crippen LogP contribution is -2.57. The molecule has 0 aliphatic carbocycles. The number of alkyl halides is 1. The van der Waals surface area contributed by atoms with Crippen molar-refractivity contribution < 1.29 is 28.7 Å². The van der Waals surface area contributed by atoms with E-state index in [9.17, 15) is 19.2 Å². The number of nitrogens with zero attached hydrogens (tertiary/aromatic N) is 1. The maximum absolute atomic E-state index is 13.6. The lowest BCUT2D eigenvalue weighted by molar-refractivity contribution is -0.163. The average Bonchev–Trinajstić information content (AvgIpc) is 3.13. The molecule has 1 N–H and O–H groups in total. The van der Waals surface area contributed by atoms with Gasteiger partial charge in [-0.15, -0.1) is 23.4 Å². The second-order valence-corrected chi connectivity index (χ2v) is 10.4. The smallest absolute Gasteiger partial charge is 0.414 e. The normalized spacial score (nSPS) is 22.8. The summed E-state index contributed by atoms with van der Waals surface area (Å²) in [6, 6.07) is 18.0. The van der Waals surface area contributed by atoms with E-state index in [1.54, 1.807) is 17.1 Å². The van der Waals surface area contributed by atoms with Gasteiger partial charge in [-0.2, -0.15) is 0 Å². The van der Waals surface area contributed by atoms with Crippen molar-refractivity contribution in [2.45, 2.75) is 35.6 Å². The van der Waals surface area contributed by atoms with Crippen LogP contribution in [-0.4, -0.2) is 57.4 Å². The Hall–Kier alpha value is -3.30. The first-order valence-corrected chi connectivity index (χ1v) is 12.7. The van der Waals surface area contributed by atoms with Crippen LogP contribution >= 0.6 is 23.4 Å². The Balaban J connectivity index is 1.52. The molecule has 2 aliphatic rings. The molecule has 0 spiro atoms. The number of alkyl carbamates (subject to hydrolysis) is 1. The fourth-order valence-corrected chi connectivity index (χ4v) is 6.02. The predicted molar refractivity (Wildman–Crippen MR) is 135 cm³/mol. The zero-order valence-corrected chi connectivity index (χ0v) is 21.0. The van der Waals surface area contributed by atoms with Crippen molar-refractivity contribution in [1.29, 1.82) is 0 Å². The van der Waals surface area contributed by atoms with Crippen molar-refractivity contribution >= 4 is 47.2 Å². The van der Waals surface area contributed by atoms with Gasteiger partial charge in [-0.05, 0) is 24.1 Å². The summed E-state index contributed by atoms with van der Waals surface area (Å²) < 4.78 is 10.2. The van der Waals surface area contributed by atoms with Crippen molar-refractivity contribution in [3.8, 4) is 0 Å². The number of β-lactam (4-membered cyclic amide) rings is 1. The Morgan fingerprint density at radius 3 is 2.31 bits per heavy atom. The molecule has 0 bridgehead atoms. The van der Waals surface area contributed by atoms with Crippen molar-refractivity contribution in [2.24, 2.45) is 0 Å². The number of amides is 3. The van der Waals surface area contributed by atoms with Crippen molar-refractivity contribution in [2.75, 3.05) is 12.5 Å². The van der Waals surface area contributed by atoms with Crippen LogP contribution in [-0.2, 0) is 23.9 Å². The molecule has 0 radical (unpaired) electrons. The van der Waals surface area contributed by atoms with E-state index in [1.807, 2.05) is 72.9 Å². The zero-order chi connectivity index (χ0) is 25.7. The number of rotatable bonds is 8. The van der Waals surface area contributed by atoms with E-state index < -0.39 is 34.9 Å². The van der Waals surface area contributed by atoms with Crippen LogP contribution in [0, 0.1) is 0 Å². The number of benzene rings is 2. The van der Waals surface area contributed by atoms with Crippen LogP contribution in [0.5, 0.6) is 0 Å². The van der Waals surface area contributed by atoms with E-state index in [1.165, 1.54) is 11.8 Å². The first kappa shape index (κ1) is 25.8. The van der Waals surface area contributed by atoms with Gasteiger partial charge in [0.1, 0.15) is 18.5 Å². The van der Waals surface area contributed by atoms with E-state index in [0.29, 0.717) is 6.42 Å². The summed E-state index contributed by atoms with van der Waals surface area (Å²) in [4.78, 5) is 50.5. The van der Waals surface area contributed by atoms with E-state index >= 15 is 0 Å². The van der Waals surface area contributed by atoms with Gasteiger partial charge < -0.3 is 14.4 Å². The van der Waals surface area contributed by atoms with Crippen molar-refractivity contribution in [3.63, 3.8) is 0 Å². The molecule has 10 heteroatoms. The highest BCUT2D eigenvalue weighted by Crippen LogP contribution is 2.52. The van der Waals surface area contributed by atoms with Crippen molar-refractivity contribution in [3.05, 3.63) is 83.9 Å². The van der Waals surface area contributed by atoms with Gasteiger partial charge in [0.15, 0.2) is 6.10 Å². The second-order valence-electron chi connectivity index (χ2n) is 8.48. The molecule has 3 atom stereocenters. The Kier molecular flexibility index (Phi) is 8.01. The number of thioether (sulfide) groups is 1. The predicted octanol–water partition coefficient (Wildman–Crippen LogP) is 3.80. The van der Waals surface area contributed by atoms with Gasteiger partial charge in [0.05, 0.1) is 16.5 Å². The zero-order valence-electron chi connectivity index (χ0n) is 19.5. The average molecular weight is 529 g/mol. The van der Waals surface area contributed by atoms with E-state index in [0.717, 1.165) is 11.1 Å². The largest absolute Gasteiger partial charge is 0.451 e. The van der Waals surface area contributed by atoms with Gasteiger partial charge in [-0.25, -0.2) is 9.59 Å². The van der Waals surface area contributed by atoms with E-state index in [4.69, 9.17) is 21.1 Å². The first-order valence-electron chi connectivity index (χ1n) is 11.3. The molecule has 36 heavy (non-hydrogen) atoms. The summed E-state index contributed by atoms with van der Waals surface area (Å²) in [6.45, 7) is 1.72. The summed E-state index contributed by atoms with van der Waals surface area (Å²) in [5.41, 5.74) is 1.63. The van der Waals surface area contributed by atoms with Gasteiger partial charge in [-0.1, -0.05) is 66.7 Å². The van der Waals surface area contributed by atoms with Gasteiger partial charge in [0.25, 0.3) is 0 Å². The highest BCUT2D eigenvalue weighted by molar-refractivity contribution is 8.01. The van der Waals surface area contributed by atoms with Crippen LogP contribution < -0.4 is 5.32 Å². The topological polar surface area (TPSA) is 102 Å². The molecule has 2 saturated heterocycles. The quantitative estimate of drug-likeness (QED) is 0.241. The summed E-state index contributed by atoms with van der Waals surface area (Å²) in [7, 11) is 0. The Bertz CT molecular complexity index is 1120. The number of carbonyl (C=O) groups is 4. The summed E-state index contributed by atoms with van der Waals surface area (Å²) in [6.07, 6.45) is 2.11. The molecule has 2 heterocycles. The van der Waals surface area contributed by atoms with Crippen LogP contribution in [0.25, 0.3) is 0 Å². The lowest BCUT2D eigenvalue weighted by atomic mass is 9.95. The molecule has 0 saturated carbocycles. The molecule has 4 rings (SSSR count).